The lowest BCUT2D eigenvalue weighted by atomic mass is 9.83. The van der Waals surface area contributed by atoms with E-state index < -0.39 is 0 Å². The molecule has 0 aliphatic heterocycles. The normalized spacial score (nSPS) is 30.5. The highest BCUT2D eigenvalue weighted by atomic mass is 16.5. The lowest BCUT2D eigenvalue weighted by molar-refractivity contribution is 0.0862. The van der Waals surface area contributed by atoms with Crippen LogP contribution in [0.15, 0.2) is 0 Å². The molecule has 0 N–H and O–H groups in total. The molecule has 0 atom stereocenters. The molecule has 1 saturated carbocycles. The van der Waals surface area contributed by atoms with Gasteiger partial charge in [-0.15, -0.1) is 0 Å². The smallest absolute Gasteiger partial charge is 0.0490 e. The zero-order valence-corrected chi connectivity index (χ0v) is 8.21. The molecule has 0 saturated heterocycles. The van der Waals surface area contributed by atoms with Gasteiger partial charge in [0.05, 0.1) is 0 Å². The minimum atomic E-state index is 0.808. The molecule has 2 heteroatoms. The second-order valence-corrected chi connectivity index (χ2v) is 3.80. The number of ether oxygens (including phenoxy) is 2. The van der Waals surface area contributed by atoms with Gasteiger partial charge in [-0.2, -0.15) is 0 Å². The monoisotopic (exact) mass is 172 g/mol. The number of hydrogen-bond acceptors (Lipinski definition) is 2. The van der Waals surface area contributed by atoms with E-state index in [2.05, 4.69) is 0 Å². The van der Waals surface area contributed by atoms with Crippen LogP contribution in [0.1, 0.15) is 25.7 Å². The zero-order chi connectivity index (χ0) is 8.81. The first-order chi connectivity index (χ1) is 5.86. The van der Waals surface area contributed by atoms with Gasteiger partial charge >= 0.3 is 0 Å². The summed E-state index contributed by atoms with van der Waals surface area (Å²) in [6.07, 6.45) is 5.29. The minimum absolute atomic E-state index is 0.808. The predicted octanol–water partition coefficient (Wildman–Crippen LogP) is 2.09. The molecule has 2 nitrogen and oxygen atoms in total. The summed E-state index contributed by atoms with van der Waals surface area (Å²) in [4.78, 5) is 0. The second kappa shape index (κ2) is 5.55. The predicted molar refractivity (Wildman–Crippen MR) is 49.2 cm³/mol. The minimum Gasteiger partial charge on any atom is -0.384 e. The summed E-state index contributed by atoms with van der Waals surface area (Å²) >= 11 is 0. The molecule has 0 aromatic heterocycles. The lowest BCUT2D eigenvalue weighted by Crippen LogP contribution is -2.20. The zero-order valence-electron chi connectivity index (χ0n) is 8.21. The summed E-state index contributed by atoms with van der Waals surface area (Å²) in [5, 5.41) is 0. The molecule has 12 heavy (non-hydrogen) atoms. The van der Waals surface area contributed by atoms with Crippen molar-refractivity contribution in [3.05, 3.63) is 0 Å². The maximum absolute atomic E-state index is 5.15. The number of rotatable bonds is 4. The van der Waals surface area contributed by atoms with Crippen LogP contribution < -0.4 is 0 Å². The topological polar surface area (TPSA) is 18.5 Å². The van der Waals surface area contributed by atoms with E-state index in [4.69, 9.17) is 9.47 Å². The average molecular weight is 172 g/mol. The Morgan fingerprint density at radius 2 is 1.17 bits per heavy atom. The molecule has 1 rings (SSSR count). The SMILES string of the molecule is COC[C@H]1CC[C@@H](COC)CC1. The Balaban J connectivity index is 2.11. The van der Waals surface area contributed by atoms with Crippen molar-refractivity contribution >= 4 is 0 Å². The fourth-order valence-corrected chi connectivity index (χ4v) is 2.04. The molecule has 0 radical (unpaired) electrons. The first kappa shape index (κ1) is 10.0. The van der Waals surface area contributed by atoms with Crippen molar-refractivity contribution in [2.75, 3.05) is 27.4 Å². The Labute approximate surface area is 75.2 Å². The van der Waals surface area contributed by atoms with Gasteiger partial charge in [-0.05, 0) is 37.5 Å². The molecular formula is C10H20O2. The highest BCUT2D eigenvalue weighted by Gasteiger charge is 2.20. The van der Waals surface area contributed by atoms with Crippen molar-refractivity contribution in [1.82, 2.24) is 0 Å². The van der Waals surface area contributed by atoms with Crippen LogP contribution in [0.3, 0.4) is 0 Å². The lowest BCUT2D eigenvalue weighted by Gasteiger charge is -2.27. The maximum Gasteiger partial charge on any atom is 0.0490 e. The molecule has 72 valence electrons. The van der Waals surface area contributed by atoms with E-state index in [1.165, 1.54) is 25.7 Å². The van der Waals surface area contributed by atoms with E-state index >= 15 is 0 Å². The van der Waals surface area contributed by atoms with Gasteiger partial charge in [-0.3, -0.25) is 0 Å². The van der Waals surface area contributed by atoms with E-state index in [1.807, 2.05) is 0 Å². The van der Waals surface area contributed by atoms with E-state index in [1.54, 1.807) is 14.2 Å². The molecule has 1 aliphatic rings. The Morgan fingerprint density at radius 3 is 1.42 bits per heavy atom. The van der Waals surface area contributed by atoms with Crippen molar-refractivity contribution in [2.45, 2.75) is 25.7 Å². The highest BCUT2D eigenvalue weighted by molar-refractivity contribution is 4.71. The van der Waals surface area contributed by atoms with Crippen molar-refractivity contribution in [3.8, 4) is 0 Å². The Kier molecular flexibility index (Phi) is 4.62. The summed E-state index contributed by atoms with van der Waals surface area (Å²) in [6, 6.07) is 0. The van der Waals surface area contributed by atoms with E-state index in [9.17, 15) is 0 Å². The van der Waals surface area contributed by atoms with Crippen molar-refractivity contribution < 1.29 is 9.47 Å². The van der Waals surface area contributed by atoms with Crippen LogP contribution in [0, 0.1) is 11.8 Å². The molecule has 1 fully saturated rings. The van der Waals surface area contributed by atoms with Gasteiger partial charge in [-0.1, -0.05) is 0 Å². The van der Waals surface area contributed by atoms with Crippen LogP contribution in [-0.4, -0.2) is 27.4 Å². The Bertz CT molecular complexity index is 92.4. The quantitative estimate of drug-likeness (QED) is 0.646. The fourth-order valence-electron chi connectivity index (χ4n) is 2.04. The van der Waals surface area contributed by atoms with Crippen molar-refractivity contribution in [1.29, 1.82) is 0 Å². The van der Waals surface area contributed by atoms with Crippen LogP contribution in [0.4, 0.5) is 0 Å². The highest BCUT2D eigenvalue weighted by Crippen LogP contribution is 2.28. The molecule has 0 aromatic carbocycles. The van der Waals surface area contributed by atoms with E-state index in [-0.39, 0.29) is 0 Å². The first-order valence-corrected chi connectivity index (χ1v) is 4.84. The summed E-state index contributed by atoms with van der Waals surface area (Å²) in [5.74, 6) is 1.62. The standard InChI is InChI=1S/C10H20O2/c1-11-7-9-3-5-10(6-4-9)8-12-2/h9-10H,3-8H2,1-2H3/t9-,10+. The molecule has 0 heterocycles. The summed E-state index contributed by atoms with van der Waals surface area (Å²) in [7, 11) is 3.59. The van der Waals surface area contributed by atoms with Crippen LogP contribution in [-0.2, 0) is 9.47 Å². The second-order valence-electron chi connectivity index (χ2n) is 3.80. The number of methoxy groups -OCH3 is 2. The van der Waals surface area contributed by atoms with Gasteiger partial charge < -0.3 is 9.47 Å². The summed E-state index contributed by atoms with van der Waals surface area (Å²) in [5.41, 5.74) is 0. The van der Waals surface area contributed by atoms with Crippen LogP contribution in [0.25, 0.3) is 0 Å². The van der Waals surface area contributed by atoms with Crippen LogP contribution in [0.2, 0.25) is 0 Å². The third-order valence-electron chi connectivity index (χ3n) is 2.77. The van der Waals surface area contributed by atoms with Gasteiger partial charge in [0.25, 0.3) is 0 Å². The van der Waals surface area contributed by atoms with Gasteiger partial charge in [-0.25, -0.2) is 0 Å². The molecule has 0 spiro atoms. The van der Waals surface area contributed by atoms with Gasteiger partial charge in [0, 0.05) is 27.4 Å². The largest absolute Gasteiger partial charge is 0.384 e. The van der Waals surface area contributed by atoms with Gasteiger partial charge in [0.1, 0.15) is 0 Å². The van der Waals surface area contributed by atoms with Crippen molar-refractivity contribution in [3.63, 3.8) is 0 Å². The van der Waals surface area contributed by atoms with Gasteiger partial charge in [0.15, 0.2) is 0 Å². The van der Waals surface area contributed by atoms with Gasteiger partial charge in [0.2, 0.25) is 0 Å². The molecule has 1 aliphatic carbocycles. The molecule has 0 bridgehead atoms. The molecule has 0 aromatic rings. The molecular weight excluding hydrogens is 152 g/mol. The Hall–Kier alpha value is -0.0800. The Morgan fingerprint density at radius 1 is 0.833 bits per heavy atom. The third-order valence-corrected chi connectivity index (χ3v) is 2.77. The first-order valence-electron chi connectivity index (χ1n) is 4.84. The van der Waals surface area contributed by atoms with Crippen LogP contribution in [0.5, 0.6) is 0 Å². The van der Waals surface area contributed by atoms with E-state index in [0.717, 1.165) is 25.0 Å². The summed E-state index contributed by atoms with van der Waals surface area (Å²) in [6.45, 7) is 1.89. The fraction of sp³-hybridized carbons (Fsp3) is 1.00. The number of hydrogen-bond donors (Lipinski definition) is 0. The maximum atomic E-state index is 5.15. The van der Waals surface area contributed by atoms with E-state index in [0.29, 0.717) is 0 Å². The third kappa shape index (κ3) is 3.11. The average Bonchev–Trinajstić information content (AvgIpc) is 2.09. The summed E-state index contributed by atoms with van der Waals surface area (Å²) < 4.78 is 10.3. The molecule has 0 amide bonds. The van der Waals surface area contributed by atoms with Crippen LogP contribution >= 0.6 is 0 Å². The van der Waals surface area contributed by atoms with Crippen molar-refractivity contribution in [2.24, 2.45) is 11.8 Å². The molecule has 0 unspecified atom stereocenters.